The molecule has 4 rings (SSSR count). The molecule has 27 heavy (non-hydrogen) atoms. The molecule has 0 saturated carbocycles. The first-order valence-corrected chi connectivity index (χ1v) is 9.33. The van der Waals surface area contributed by atoms with Gasteiger partial charge in [0.2, 0.25) is 0 Å². The molecule has 1 N–H and O–H groups in total. The van der Waals surface area contributed by atoms with E-state index < -0.39 is 0 Å². The Kier molecular flexibility index (Phi) is 4.83. The second-order valence-corrected chi connectivity index (χ2v) is 7.36. The highest BCUT2D eigenvalue weighted by Crippen LogP contribution is 2.32. The molecule has 0 spiro atoms. The van der Waals surface area contributed by atoms with Crippen molar-refractivity contribution in [3.63, 3.8) is 0 Å². The third-order valence-electron chi connectivity index (χ3n) is 5.54. The summed E-state index contributed by atoms with van der Waals surface area (Å²) < 4.78 is 28.0. The van der Waals surface area contributed by atoms with Crippen LogP contribution in [0, 0.1) is 11.6 Å². The monoisotopic (exact) mass is 371 g/mol. The van der Waals surface area contributed by atoms with Crippen LogP contribution in [-0.2, 0) is 6.42 Å². The van der Waals surface area contributed by atoms with Gasteiger partial charge in [0.1, 0.15) is 11.6 Å². The molecule has 142 valence electrons. The normalized spacial score (nSPS) is 19.8. The number of benzene rings is 2. The zero-order valence-electron chi connectivity index (χ0n) is 15.3. The van der Waals surface area contributed by atoms with Crippen molar-refractivity contribution in [2.45, 2.75) is 18.9 Å². The molecule has 2 aromatic carbocycles. The number of aryl methyl sites for hydroxylation is 1. The second-order valence-electron chi connectivity index (χ2n) is 7.36. The summed E-state index contributed by atoms with van der Waals surface area (Å²) in [6.07, 6.45) is 1.46. The molecule has 6 heteroatoms. The number of hydrogen-bond acceptors (Lipinski definition) is 3. The van der Waals surface area contributed by atoms with Gasteiger partial charge in [-0.3, -0.25) is 4.79 Å². The predicted molar refractivity (Wildman–Crippen MR) is 101 cm³/mol. The van der Waals surface area contributed by atoms with Gasteiger partial charge in [0.25, 0.3) is 5.91 Å². The van der Waals surface area contributed by atoms with Crippen LogP contribution in [0.25, 0.3) is 0 Å². The number of carbonyl (C=O) groups excluding carboxylic acids is 1. The largest absolute Gasteiger partial charge is 0.367 e. The quantitative estimate of drug-likeness (QED) is 0.901. The lowest BCUT2D eigenvalue weighted by atomic mass is 10.1. The molecule has 0 aromatic heterocycles. The Bertz CT molecular complexity index is 863. The number of hydrogen-bond donors (Lipinski definition) is 1. The van der Waals surface area contributed by atoms with Crippen molar-refractivity contribution in [1.82, 2.24) is 10.2 Å². The summed E-state index contributed by atoms with van der Waals surface area (Å²) in [7, 11) is 2.05. The molecule has 1 aliphatic carbocycles. The van der Waals surface area contributed by atoms with E-state index in [1.807, 2.05) is 4.90 Å². The van der Waals surface area contributed by atoms with Crippen molar-refractivity contribution >= 4 is 11.6 Å². The van der Waals surface area contributed by atoms with Crippen LogP contribution in [0.15, 0.2) is 36.4 Å². The van der Waals surface area contributed by atoms with Crippen LogP contribution < -0.4 is 10.2 Å². The first-order chi connectivity index (χ1) is 13.0. The maximum absolute atomic E-state index is 14.6. The Labute approximate surface area is 157 Å². The molecule has 1 saturated heterocycles. The number of piperazine rings is 1. The molecule has 0 unspecified atom stereocenters. The predicted octanol–water partition coefficient (Wildman–Crippen LogP) is 3.13. The molecular weight excluding hydrogens is 348 g/mol. The molecule has 1 atom stereocenters. The Morgan fingerprint density at radius 1 is 1.07 bits per heavy atom. The van der Waals surface area contributed by atoms with Gasteiger partial charge < -0.3 is 15.1 Å². The minimum atomic E-state index is -0.374. The van der Waals surface area contributed by atoms with Crippen molar-refractivity contribution in [3.05, 3.63) is 64.7 Å². The average molecular weight is 371 g/mol. The van der Waals surface area contributed by atoms with E-state index in [1.165, 1.54) is 18.2 Å². The Morgan fingerprint density at radius 2 is 1.85 bits per heavy atom. The van der Waals surface area contributed by atoms with Gasteiger partial charge in [-0.15, -0.1) is 0 Å². The minimum Gasteiger partial charge on any atom is -0.367 e. The number of amides is 1. The standard InChI is InChI=1S/C21H23F2N3O/c1-25-8-10-26(11-9-25)20-7-3-15(13-18(20)23)21(27)24-19-6-2-14-12-16(22)4-5-17(14)19/h3-5,7,12-13,19H,2,6,8-11H2,1H3,(H,24,27)/t19-/m0/s1. The van der Waals surface area contributed by atoms with Gasteiger partial charge in [0, 0.05) is 31.7 Å². The molecule has 1 fully saturated rings. The van der Waals surface area contributed by atoms with Gasteiger partial charge in [-0.1, -0.05) is 6.07 Å². The number of halogens is 2. The van der Waals surface area contributed by atoms with Crippen LogP contribution in [0.2, 0.25) is 0 Å². The molecule has 0 bridgehead atoms. The van der Waals surface area contributed by atoms with Gasteiger partial charge in [0.05, 0.1) is 11.7 Å². The van der Waals surface area contributed by atoms with E-state index in [0.29, 0.717) is 11.3 Å². The summed E-state index contributed by atoms with van der Waals surface area (Å²) in [5, 5.41) is 2.95. The lowest BCUT2D eigenvalue weighted by Gasteiger charge is -2.34. The zero-order valence-corrected chi connectivity index (χ0v) is 15.3. The van der Waals surface area contributed by atoms with Crippen LogP contribution >= 0.6 is 0 Å². The number of anilines is 1. The Morgan fingerprint density at radius 3 is 2.59 bits per heavy atom. The number of nitrogens with zero attached hydrogens (tertiary/aromatic N) is 2. The van der Waals surface area contributed by atoms with Crippen molar-refractivity contribution < 1.29 is 13.6 Å². The van der Waals surface area contributed by atoms with Gasteiger partial charge >= 0.3 is 0 Å². The average Bonchev–Trinajstić information content (AvgIpc) is 3.04. The summed E-state index contributed by atoms with van der Waals surface area (Å²) in [6.45, 7) is 3.33. The fourth-order valence-corrected chi connectivity index (χ4v) is 3.93. The molecule has 1 aliphatic heterocycles. The lowest BCUT2D eigenvalue weighted by Crippen LogP contribution is -2.44. The topological polar surface area (TPSA) is 35.6 Å². The van der Waals surface area contributed by atoms with Gasteiger partial charge in [-0.25, -0.2) is 8.78 Å². The van der Waals surface area contributed by atoms with E-state index >= 15 is 0 Å². The number of carbonyl (C=O) groups is 1. The van der Waals surface area contributed by atoms with E-state index in [9.17, 15) is 13.6 Å². The SMILES string of the molecule is CN1CCN(c2ccc(C(=O)N[C@H]3CCc4cc(F)ccc43)cc2F)CC1. The lowest BCUT2D eigenvalue weighted by molar-refractivity contribution is 0.0936. The summed E-state index contributed by atoms with van der Waals surface area (Å²) in [5.74, 6) is -0.940. The smallest absolute Gasteiger partial charge is 0.251 e. The van der Waals surface area contributed by atoms with Crippen LogP contribution in [-0.4, -0.2) is 44.0 Å². The van der Waals surface area contributed by atoms with E-state index in [2.05, 4.69) is 17.3 Å². The summed E-state index contributed by atoms with van der Waals surface area (Å²) in [4.78, 5) is 16.8. The van der Waals surface area contributed by atoms with Crippen LogP contribution in [0.1, 0.15) is 33.9 Å². The summed E-state index contributed by atoms with van der Waals surface area (Å²) in [5.41, 5.74) is 2.72. The van der Waals surface area contributed by atoms with Gasteiger partial charge in [0.15, 0.2) is 0 Å². The number of rotatable bonds is 3. The minimum absolute atomic E-state index is 0.159. The molecule has 1 heterocycles. The fraction of sp³-hybridized carbons (Fsp3) is 0.381. The van der Waals surface area contributed by atoms with Crippen molar-refractivity contribution in [1.29, 1.82) is 0 Å². The fourth-order valence-electron chi connectivity index (χ4n) is 3.93. The first kappa shape index (κ1) is 17.9. The highest BCUT2D eigenvalue weighted by atomic mass is 19.1. The zero-order chi connectivity index (χ0) is 19.0. The first-order valence-electron chi connectivity index (χ1n) is 9.33. The second kappa shape index (κ2) is 7.27. The van der Waals surface area contributed by atoms with Crippen LogP contribution in [0.5, 0.6) is 0 Å². The number of nitrogens with one attached hydrogen (secondary N) is 1. The maximum atomic E-state index is 14.6. The van der Waals surface area contributed by atoms with Crippen LogP contribution in [0.4, 0.5) is 14.5 Å². The highest BCUT2D eigenvalue weighted by molar-refractivity contribution is 5.95. The summed E-state index contributed by atoms with van der Waals surface area (Å²) in [6, 6.07) is 9.16. The van der Waals surface area contributed by atoms with E-state index in [4.69, 9.17) is 0 Å². The highest BCUT2D eigenvalue weighted by Gasteiger charge is 2.25. The maximum Gasteiger partial charge on any atom is 0.251 e. The number of fused-ring (bicyclic) bond motifs is 1. The molecule has 2 aromatic rings. The Balaban J connectivity index is 1.46. The summed E-state index contributed by atoms with van der Waals surface area (Å²) >= 11 is 0. The van der Waals surface area contributed by atoms with E-state index in [1.54, 1.807) is 18.2 Å². The molecular formula is C21H23F2N3O. The van der Waals surface area contributed by atoms with Crippen molar-refractivity contribution in [2.75, 3.05) is 38.1 Å². The molecule has 1 amide bonds. The van der Waals surface area contributed by atoms with Crippen molar-refractivity contribution in [3.8, 4) is 0 Å². The van der Waals surface area contributed by atoms with Gasteiger partial charge in [-0.2, -0.15) is 0 Å². The molecule has 4 nitrogen and oxygen atoms in total. The van der Waals surface area contributed by atoms with Gasteiger partial charge in [-0.05, 0) is 61.3 Å². The molecule has 0 radical (unpaired) electrons. The third kappa shape index (κ3) is 3.67. The van der Waals surface area contributed by atoms with Crippen molar-refractivity contribution in [2.24, 2.45) is 0 Å². The Hall–Kier alpha value is -2.47. The molecule has 2 aliphatic rings. The third-order valence-corrected chi connectivity index (χ3v) is 5.54. The van der Waals surface area contributed by atoms with Crippen LogP contribution in [0.3, 0.4) is 0 Å². The van der Waals surface area contributed by atoms with E-state index in [-0.39, 0.29) is 23.6 Å². The van der Waals surface area contributed by atoms with E-state index in [0.717, 1.165) is 50.1 Å². The number of likely N-dealkylation sites (N-methyl/N-ethyl adjacent to an activating group) is 1.